The van der Waals surface area contributed by atoms with Crippen LogP contribution >= 0.6 is 0 Å². The van der Waals surface area contributed by atoms with Crippen molar-refractivity contribution in [1.29, 1.82) is 0 Å². The van der Waals surface area contributed by atoms with Crippen LogP contribution in [-0.4, -0.2) is 49.6 Å². The maximum absolute atomic E-state index is 12.9. The summed E-state index contributed by atoms with van der Waals surface area (Å²) in [7, 11) is 0. The van der Waals surface area contributed by atoms with E-state index in [-0.39, 0.29) is 25.0 Å². The minimum atomic E-state index is -0.691. The molecule has 0 radical (unpaired) electrons. The van der Waals surface area contributed by atoms with E-state index < -0.39 is 29.6 Å². The van der Waals surface area contributed by atoms with Crippen molar-refractivity contribution in [3.05, 3.63) is 35.9 Å². The third-order valence-electron chi connectivity index (χ3n) is 5.31. The molecule has 1 aliphatic heterocycles. The van der Waals surface area contributed by atoms with Gasteiger partial charge in [-0.05, 0) is 57.9 Å². The first-order chi connectivity index (χ1) is 15.0. The van der Waals surface area contributed by atoms with Crippen molar-refractivity contribution in [1.82, 2.24) is 0 Å². The number of hydrogen-bond donors (Lipinski definition) is 0. The molecule has 32 heavy (non-hydrogen) atoms. The van der Waals surface area contributed by atoms with E-state index >= 15 is 0 Å². The fraction of sp³-hybridized carbons (Fsp3) is 0.692. The minimum absolute atomic E-state index is 0.0617. The van der Waals surface area contributed by atoms with Crippen LogP contribution in [0.25, 0.3) is 0 Å². The predicted molar refractivity (Wildman–Crippen MR) is 123 cm³/mol. The van der Waals surface area contributed by atoms with Gasteiger partial charge >= 0.3 is 11.9 Å². The van der Waals surface area contributed by atoms with Gasteiger partial charge < -0.3 is 18.9 Å². The van der Waals surface area contributed by atoms with Gasteiger partial charge in [-0.1, -0.05) is 44.2 Å². The molecule has 0 spiro atoms. The Bertz CT molecular complexity index is 709. The highest BCUT2D eigenvalue weighted by Gasteiger charge is 2.35. The summed E-state index contributed by atoms with van der Waals surface area (Å²) in [5, 5.41) is 0. The minimum Gasteiger partial charge on any atom is -0.460 e. The monoisotopic (exact) mass is 448 g/mol. The van der Waals surface area contributed by atoms with E-state index in [0.717, 1.165) is 12.8 Å². The van der Waals surface area contributed by atoms with Gasteiger partial charge in [0.05, 0.1) is 25.0 Å². The van der Waals surface area contributed by atoms with Crippen LogP contribution in [0.5, 0.6) is 0 Å². The first-order valence-electron chi connectivity index (χ1n) is 11.7. The second-order valence-corrected chi connectivity index (χ2v) is 10.1. The van der Waals surface area contributed by atoms with E-state index in [4.69, 9.17) is 18.9 Å². The van der Waals surface area contributed by atoms with Gasteiger partial charge in [-0.3, -0.25) is 9.59 Å². The van der Waals surface area contributed by atoms with Gasteiger partial charge in [-0.25, -0.2) is 0 Å². The van der Waals surface area contributed by atoms with Crippen molar-refractivity contribution >= 4 is 11.9 Å². The molecule has 1 fully saturated rings. The molecule has 0 unspecified atom stereocenters. The standard InChI is InChI=1S/C26H40O6/c1-18(2)16-30-24-19(3)31-25(28)22(15-23(27)32-26(4,5)6)17-29-13-12-21(24)14-20-10-8-7-9-11-20/h7-11,18-19,21-22,24H,12-17H2,1-6H3/t19-,21+,22-,24-/m0/s1. The number of rotatable bonds is 7. The summed E-state index contributed by atoms with van der Waals surface area (Å²) in [6, 6.07) is 10.3. The van der Waals surface area contributed by atoms with E-state index in [1.54, 1.807) is 20.8 Å². The van der Waals surface area contributed by atoms with Crippen LogP contribution < -0.4 is 0 Å². The topological polar surface area (TPSA) is 71.1 Å². The van der Waals surface area contributed by atoms with Crippen LogP contribution in [0.4, 0.5) is 0 Å². The number of carbonyl (C=O) groups excluding carboxylic acids is 2. The van der Waals surface area contributed by atoms with Crippen molar-refractivity contribution in [2.24, 2.45) is 17.8 Å². The Morgan fingerprint density at radius 3 is 2.50 bits per heavy atom. The molecule has 180 valence electrons. The van der Waals surface area contributed by atoms with Gasteiger partial charge in [-0.2, -0.15) is 0 Å². The Labute approximate surface area is 193 Å². The van der Waals surface area contributed by atoms with Crippen molar-refractivity contribution in [2.45, 2.75) is 78.6 Å². The van der Waals surface area contributed by atoms with Crippen LogP contribution in [0.15, 0.2) is 30.3 Å². The Hall–Kier alpha value is -1.92. The number of esters is 2. The Balaban J connectivity index is 2.14. The number of carbonyl (C=O) groups is 2. The molecule has 0 bridgehead atoms. The second kappa shape index (κ2) is 12.4. The van der Waals surface area contributed by atoms with Crippen LogP contribution in [0, 0.1) is 17.8 Å². The number of hydrogen-bond acceptors (Lipinski definition) is 6. The zero-order valence-corrected chi connectivity index (χ0v) is 20.5. The maximum Gasteiger partial charge on any atom is 0.312 e. The predicted octanol–water partition coefficient (Wildman–Crippen LogP) is 4.59. The summed E-state index contributed by atoms with van der Waals surface area (Å²) < 4.78 is 23.3. The van der Waals surface area contributed by atoms with Crippen molar-refractivity contribution in [2.75, 3.05) is 19.8 Å². The highest BCUT2D eigenvalue weighted by molar-refractivity contribution is 5.80. The zero-order valence-electron chi connectivity index (χ0n) is 20.5. The number of ether oxygens (including phenoxy) is 4. The van der Waals surface area contributed by atoms with E-state index in [2.05, 4.69) is 26.0 Å². The van der Waals surface area contributed by atoms with Gasteiger partial charge in [0, 0.05) is 13.2 Å². The Morgan fingerprint density at radius 1 is 1.19 bits per heavy atom. The summed E-state index contributed by atoms with van der Waals surface area (Å²) in [6.07, 6.45) is 0.836. The first kappa shape index (κ1) is 26.3. The fourth-order valence-electron chi connectivity index (χ4n) is 3.86. The summed E-state index contributed by atoms with van der Waals surface area (Å²) in [4.78, 5) is 25.2. The third-order valence-corrected chi connectivity index (χ3v) is 5.31. The lowest BCUT2D eigenvalue weighted by Crippen LogP contribution is -2.42. The van der Waals surface area contributed by atoms with Gasteiger partial charge in [-0.15, -0.1) is 0 Å². The third kappa shape index (κ3) is 9.29. The molecule has 1 aliphatic rings. The van der Waals surface area contributed by atoms with Crippen LogP contribution in [0.3, 0.4) is 0 Å². The lowest BCUT2D eigenvalue weighted by molar-refractivity contribution is -0.174. The average molecular weight is 449 g/mol. The maximum atomic E-state index is 12.9. The smallest absolute Gasteiger partial charge is 0.312 e. The molecule has 6 nitrogen and oxygen atoms in total. The molecule has 1 aromatic rings. The summed E-state index contributed by atoms with van der Waals surface area (Å²) in [5.74, 6) is -1.06. The summed E-state index contributed by atoms with van der Waals surface area (Å²) >= 11 is 0. The average Bonchev–Trinajstić information content (AvgIpc) is 2.68. The van der Waals surface area contributed by atoms with Gasteiger partial charge in [0.25, 0.3) is 0 Å². The van der Waals surface area contributed by atoms with E-state index in [1.165, 1.54) is 5.56 Å². The van der Waals surface area contributed by atoms with Gasteiger partial charge in [0.1, 0.15) is 11.7 Å². The van der Waals surface area contributed by atoms with Crippen molar-refractivity contribution < 1.29 is 28.5 Å². The van der Waals surface area contributed by atoms with Gasteiger partial charge in [0.2, 0.25) is 0 Å². The summed E-state index contributed by atoms with van der Waals surface area (Å²) in [6.45, 7) is 12.7. The van der Waals surface area contributed by atoms with Crippen LogP contribution in [0.2, 0.25) is 0 Å². The molecular weight excluding hydrogens is 408 g/mol. The number of benzene rings is 1. The van der Waals surface area contributed by atoms with E-state index in [0.29, 0.717) is 19.1 Å². The van der Waals surface area contributed by atoms with Crippen molar-refractivity contribution in [3.8, 4) is 0 Å². The van der Waals surface area contributed by atoms with E-state index in [1.807, 2.05) is 25.1 Å². The van der Waals surface area contributed by atoms with Gasteiger partial charge in [0.15, 0.2) is 0 Å². The summed E-state index contributed by atoms with van der Waals surface area (Å²) in [5.41, 5.74) is 0.611. The molecule has 1 heterocycles. The van der Waals surface area contributed by atoms with Crippen molar-refractivity contribution in [3.63, 3.8) is 0 Å². The highest BCUT2D eigenvalue weighted by Crippen LogP contribution is 2.26. The quantitative estimate of drug-likeness (QED) is 0.569. The SMILES string of the molecule is CC(C)CO[C@@H]1[C@@H](Cc2ccccc2)CCOC[C@H](CC(=O)OC(C)(C)C)C(=O)O[C@H]1C. The Morgan fingerprint density at radius 2 is 1.88 bits per heavy atom. The molecule has 0 aromatic heterocycles. The Kier molecular flexibility index (Phi) is 10.2. The number of cyclic esters (lactones) is 1. The molecule has 1 saturated heterocycles. The normalized spacial score (nSPS) is 25.3. The highest BCUT2D eigenvalue weighted by atomic mass is 16.6. The molecule has 2 rings (SSSR count). The fourth-order valence-corrected chi connectivity index (χ4v) is 3.86. The molecular formula is C26H40O6. The van der Waals surface area contributed by atoms with E-state index in [9.17, 15) is 9.59 Å². The molecule has 0 N–H and O–H groups in total. The molecule has 0 amide bonds. The lowest BCUT2D eigenvalue weighted by Gasteiger charge is -2.34. The first-order valence-corrected chi connectivity index (χ1v) is 11.7. The molecule has 0 saturated carbocycles. The zero-order chi connectivity index (χ0) is 23.7. The molecule has 6 heteroatoms. The molecule has 4 atom stereocenters. The molecule has 1 aromatic carbocycles. The lowest BCUT2D eigenvalue weighted by atomic mass is 9.88. The van der Waals surface area contributed by atoms with Crippen LogP contribution in [0.1, 0.15) is 59.9 Å². The largest absolute Gasteiger partial charge is 0.460 e. The van der Waals surface area contributed by atoms with Crippen LogP contribution in [-0.2, 0) is 35.0 Å². The second-order valence-electron chi connectivity index (χ2n) is 10.1. The molecule has 0 aliphatic carbocycles.